The summed E-state index contributed by atoms with van der Waals surface area (Å²) in [5.74, 6) is 0.236. The van der Waals surface area contributed by atoms with E-state index in [9.17, 15) is 4.53 Å². The van der Waals surface area contributed by atoms with Gasteiger partial charge in [-0.15, -0.1) is 0 Å². The average molecular weight is 441 g/mol. The van der Waals surface area contributed by atoms with Crippen LogP contribution in [0.3, 0.4) is 0 Å². The third-order valence-electron chi connectivity index (χ3n) is 6.40. The number of hydrogen-bond donors (Lipinski definition) is 0. The molecule has 0 spiro atoms. The van der Waals surface area contributed by atoms with Crippen molar-refractivity contribution >= 4 is 21.5 Å². The Balaban J connectivity index is 1.76. The van der Waals surface area contributed by atoms with E-state index in [-0.39, 0.29) is 5.75 Å². The molecule has 162 valence electrons. The van der Waals surface area contributed by atoms with Gasteiger partial charge < -0.3 is 0 Å². The lowest BCUT2D eigenvalue weighted by atomic mass is 9.87. The summed E-state index contributed by atoms with van der Waals surface area (Å²) in [4.78, 5) is 4.69. The van der Waals surface area contributed by atoms with E-state index in [2.05, 4.69) is 47.4 Å². The second kappa shape index (κ2) is 8.49. The third kappa shape index (κ3) is 3.41. The van der Waals surface area contributed by atoms with E-state index < -0.39 is 0 Å². The van der Waals surface area contributed by atoms with Gasteiger partial charge >= 0.3 is 0 Å². The molecular weight excluding hydrogens is 419 g/mol. The van der Waals surface area contributed by atoms with E-state index in [1.165, 1.54) is 0 Å². The topological polar surface area (TPSA) is 9.23 Å². The summed E-state index contributed by atoms with van der Waals surface area (Å²) in [6, 6.07) is 42.8. The molecule has 0 aliphatic heterocycles. The van der Waals surface area contributed by atoms with Crippen molar-refractivity contribution in [2.24, 2.45) is 0 Å². The van der Waals surface area contributed by atoms with E-state index in [0.29, 0.717) is 0 Å². The van der Waals surface area contributed by atoms with E-state index >= 15 is 0 Å². The Morgan fingerprint density at radius 3 is 1.68 bits per heavy atom. The molecule has 0 atom stereocenters. The van der Waals surface area contributed by atoms with Crippen LogP contribution in [0.15, 0.2) is 127 Å². The number of halogens is 1. The van der Waals surface area contributed by atoms with Crippen molar-refractivity contribution in [3.8, 4) is 39.1 Å². The Morgan fingerprint density at radius 1 is 0.441 bits per heavy atom. The van der Waals surface area contributed by atoms with Crippen LogP contribution >= 0.6 is 0 Å². The number of fused-ring (bicyclic) bond motifs is 2. The molecule has 6 rings (SSSR count). The fourth-order valence-electron chi connectivity index (χ4n) is 4.82. The van der Waals surface area contributed by atoms with Crippen molar-refractivity contribution < 1.29 is 9.47 Å². The molecule has 0 radical (unpaired) electrons. The van der Waals surface area contributed by atoms with E-state index in [1.54, 1.807) is 0 Å². The molecule has 1 nitrogen and oxygen atoms in total. The van der Waals surface area contributed by atoms with Crippen LogP contribution in [0.2, 0.25) is 0 Å². The first kappa shape index (κ1) is 20.2. The molecule has 2 heteroatoms. The number of benzene rings is 6. The molecule has 0 N–H and O–H groups in total. The van der Waals surface area contributed by atoms with Gasteiger partial charge in [0.05, 0.1) is 0 Å². The van der Waals surface area contributed by atoms with Gasteiger partial charge in [0.25, 0.3) is 0 Å². The predicted octanol–water partition coefficient (Wildman–Crippen LogP) is 9.26. The van der Waals surface area contributed by atoms with Crippen molar-refractivity contribution in [3.63, 3.8) is 0 Å². The Bertz CT molecular complexity index is 1620. The summed E-state index contributed by atoms with van der Waals surface area (Å²) >= 11 is 0. The molecule has 0 aliphatic rings. The predicted molar refractivity (Wildman–Crippen MR) is 139 cm³/mol. The minimum atomic E-state index is 0.236. The second-order valence-electron chi connectivity index (χ2n) is 8.40. The smallest absolute Gasteiger partial charge is 0.188 e. The molecule has 0 saturated carbocycles. The Morgan fingerprint density at radius 2 is 1.00 bits per heavy atom. The molecule has 0 bridgehead atoms. The Hall–Kier alpha value is -4.43. The van der Waals surface area contributed by atoms with Gasteiger partial charge in [-0.1, -0.05) is 109 Å². The molecule has 0 saturated heterocycles. The second-order valence-corrected chi connectivity index (χ2v) is 8.40. The lowest BCUT2D eigenvalue weighted by molar-refractivity contribution is -0.00457. The summed E-state index contributed by atoms with van der Waals surface area (Å²) in [6.45, 7) is 0. The number of rotatable bonds is 4. The molecule has 0 heterocycles. The Labute approximate surface area is 197 Å². The maximum absolute atomic E-state index is 14.5. The summed E-state index contributed by atoms with van der Waals surface area (Å²) in [5.41, 5.74) is 5.53. The van der Waals surface area contributed by atoms with Crippen molar-refractivity contribution in [1.82, 2.24) is 0 Å². The normalized spacial score (nSPS) is 11.1. The monoisotopic (exact) mass is 440 g/mol. The van der Waals surface area contributed by atoms with Gasteiger partial charge in [-0.05, 0) is 62.0 Å². The lowest BCUT2D eigenvalue weighted by Crippen LogP contribution is -1.93. The lowest BCUT2D eigenvalue weighted by Gasteiger charge is -2.18. The van der Waals surface area contributed by atoms with E-state index in [0.717, 1.165) is 54.9 Å². The van der Waals surface area contributed by atoms with Gasteiger partial charge in [-0.2, -0.15) is 0 Å². The highest BCUT2D eigenvalue weighted by Gasteiger charge is 2.21. The fourth-order valence-corrected chi connectivity index (χ4v) is 4.82. The van der Waals surface area contributed by atoms with Gasteiger partial charge in [-0.3, -0.25) is 4.94 Å². The van der Waals surface area contributed by atoms with Crippen LogP contribution in [0.4, 0.5) is 4.53 Å². The summed E-state index contributed by atoms with van der Waals surface area (Å²) < 4.78 is 14.5. The van der Waals surface area contributed by atoms with Crippen LogP contribution in [0.1, 0.15) is 0 Å². The highest BCUT2D eigenvalue weighted by Crippen LogP contribution is 2.47. The SMILES string of the molecule is FOc1c(-c2ccccc2)cc2ccccc2c1-c1cc(-c2ccccc2)cc2ccccc12. The summed E-state index contributed by atoms with van der Waals surface area (Å²) in [6.07, 6.45) is 0. The number of hydrogen-bond acceptors (Lipinski definition) is 1. The summed E-state index contributed by atoms with van der Waals surface area (Å²) in [5, 5.41) is 4.13. The molecule has 34 heavy (non-hydrogen) atoms. The van der Waals surface area contributed by atoms with Gasteiger partial charge in [0.15, 0.2) is 5.75 Å². The van der Waals surface area contributed by atoms with Gasteiger partial charge in [0.2, 0.25) is 0 Å². The van der Waals surface area contributed by atoms with Gasteiger partial charge in [0.1, 0.15) is 0 Å². The molecule has 6 aromatic carbocycles. The quantitative estimate of drug-likeness (QED) is 0.265. The zero-order valence-electron chi connectivity index (χ0n) is 18.4. The minimum absolute atomic E-state index is 0.236. The average Bonchev–Trinajstić information content (AvgIpc) is 2.92. The maximum atomic E-state index is 14.5. The third-order valence-corrected chi connectivity index (χ3v) is 6.40. The summed E-state index contributed by atoms with van der Waals surface area (Å²) in [7, 11) is 0. The highest BCUT2D eigenvalue weighted by atomic mass is 19.3. The van der Waals surface area contributed by atoms with Gasteiger partial charge in [-0.25, -0.2) is 0 Å². The first-order valence-electron chi connectivity index (χ1n) is 11.3. The zero-order chi connectivity index (χ0) is 22.9. The maximum Gasteiger partial charge on any atom is 0.188 e. The van der Waals surface area contributed by atoms with Crippen LogP contribution in [0.5, 0.6) is 5.75 Å². The largest absolute Gasteiger partial charge is 0.293 e. The highest BCUT2D eigenvalue weighted by molar-refractivity contribution is 6.11. The fraction of sp³-hybridized carbons (Fsp3) is 0. The first-order chi connectivity index (χ1) is 16.8. The van der Waals surface area contributed by atoms with Crippen LogP contribution in [-0.2, 0) is 0 Å². The van der Waals surface area contributed by atoms with Crippen molar-refractivity contribution in [3.05, 3.63) is 127 Å². The molecular formula is C32H21FO. The zero-order valence-corrected chi connectivity index (χ0v) is 18.4. The van der Waals surface area contributed by atoms with Crippen LogP contribution in [-0.4, -0.2) is 0 Å². The molecule has 0 aromatic heterocycles. The Kier molecular flexibility index (Phi) is 5.04. The molecule has 0 unspecified atom stereocenters. The molecule has 0 amide bonds. The molecule has 0 aliphatic carbocycles. The first-order valence-corrected chi connectivity index (χ1v) is 11.3. The van der Waals surface area contributed by atoms with Crippen molar-refractivity contribution in [2.75, 3.05) is 0 Å². The van der Waals surface area contributed by atoms with Crippen LogP contribution in [0, 0.1) is 0 Å². The van der Waals surface area contributed by atoms with Crippen LogP contribution < -0.4 is 4.94 Å². The standard InChI is InChI=1S/C32H21FO/c33-34-32-29(23-13-5-2-6-14-23)20-25-16-8-10-18-28(25)31(32)30-21-26(22-11-3-1-4-12-22)19-24-15-7-9-17-27(24)30/h1-21H. The van der Waals surface area contributed by atoms with Crippen LogP contribution in [0.25, 0.3) is 54.9 Å². The minimum Gasteiger partial charge on any atom is -0.293 e. The van der Waals surface area contributed by atoms with E-state index in [4.69, 9.17) is 0 Å². The molecule has 0 fully saturated rings. The van der Waals surface area contributed by atoms with Crippen molar-refractivity contribution in [2.45, 2.75) is 0 Å². The van der Waals surface area contributed by atoms with Gasteiger partial charge in [0, 0.05) is 15.7 Å². The van der Waals surface area contributed by atoms with E-state index in [1.807, 2.05) is 84.9 Å². The van der Waals surface area contributed by atoms with Crippen molar-refractivity contribution in [1.29, 1.82) is 0 Å². The molecule has 6 aromatic rings.